The summed E-state index contributed by atoms with van der Waals surface area (Å²) < 4.78 is 251. The fourth-order valence-corrected chi connectivity index (χ4v) is 4.31. The van der Waals surface area contributed by atoms with Crippen molar-refractivity contribution in [3.05, 3.63) is 0 Å². The molecule has 0 aromatic heterocycles. The minimum absolute atomic E-state index is 0.416. The van der Waals surface area contributed by atoms with Crippen LogP contribution in [0.3, 0.4) is 0 Å². The van der Waals surface area contributed by atoms with Crippen LogP contribution in [0.5, 0.6) is 0 Å². The lowest BCUT2D eigenvalue weighted by atomic mass is 9.91. The van der Waals surface area contributed by atoms with Crippen LogP contribution in [0.25, 0.3) is 0 Å². The van der Waals surface area contributed by atoms with Crippen LogP contribution < -0.4 is 11.1 Å². The Morgan fingerprint density at radius 3 is 1.43 bits per heavy atom. The Hall–Kier alpha value is -1.70. The Balaban J connectivity index is 6.69. The maximum absolute atomic E-state index is 14.3. The third-order valence-corrected chi connectivity index (χ3v) is 7.62. The van der Waals surface area contributed by atoms with Gasteiger partial charge in [0, 0.05) is 13.1 Å². The number of likely N-dealkylation sites (N-methyl/N-ethyl adjacent to an activating group) is 1. The van der Waals surface area contributed by atoms with Crippen LogP contribution in [-0.4, -0.2) is 102 Å². The van der Waals surface area contributed by atoms with Crippen LogP contribution in [0.4, 0.5) is 74.6 Å². The van der Waals surface area contributed by atoms with Crippen molar-refractivity contribution in [3.8, 4) is 0 Å². The van der Waals surface area contributed by atoms with Gasteiger partial charge in [-0.15, -0.1) is 0 Å². The second kappa shape index (κ2) is 12.0. The third kappa shape index (κ3) is 6.12. The number of hydrogen-bond donors (Lipinski definition) is 2. The standard InChI is InChI=1S/C16H15BrF17N3O4S/c1-2-37(5-8(39)36-4-6(35)7(38)3-17)42(40,41)16(33,34)14(28,29)12(24,25)10(20,21)9(18,19)11(22,23)13(26,27)15(30,31)32/h6H,2-5,35H2,1H3,(H,36,39). The molecule has 1 atom stereocenters. The molecule has 0 aliphatic carbocycles. The number of ketones is 1. The molecule has 42 heavy (non-hydrogen) atoms. The number of alkyl halides is 18. The number of rotatable bonds is 15. The van der Waals surface area contributed by atoms with Gasteiger partial charge in [0.25, 0.3) is 10.0 Å². The van der Waals surface area contributed by atoms with Gasteiger partial charge in [0.15, 0.2) is 5.78 Å². The topological polar surface area (TPSA) is 110 Å². The average molecular weight is 748 g/mol. The Bertz CT molecular complexity index is 1110. The van der Waals surface area contributed by atoms with Crippen LogP contribution in [0, 0.1) is 0 Å². The van der Waals surface area contributed by atoms with Gasteiger partial charge < -0.3 is 11.1 Å². The number of carbonyl (C=O) groups is 2. The van der Waals surface area contributed by atoms with Gasteiger partial charge in [-0.3, -0.25) is 9.59 Å². The lowest BCUT2D eigenvalue weighted by Crippen LogP contribution is -2.75. The van der Waals surface area contributed by atoms with Gasteiger partial charge in [0.1, 0.15) is 0 Å². The molecule has 0 aromatic rings. The van der Waals surface area contributed by atoms with Crippen LogP contribution in [-0.2, 0) is 19.6 Å². The first kappa shape index (κ1) is 40.3. The second-order valence-electron chi connectivity index (χ2n) is 7.90. The summed E-state index contributed by atoms with van der Waals surface area (Å²) in [6.45, 7) is -4.15. The number of hydrogen-bond acceptors (Lipinski definition) is 5. The summed E-state index contributed by atoms with van der Waals surface area (Å²) in [6.07, 6.45) is -7.94. The van der Waals surface area contributed by atoms with Crippen molar-refractivity contribution >= 4 is 37.6 Å². The first-order valence-electron chi connectivity index (χ1n) is 10.0. The van der Waals surface area contributed by atoms with Gasteiger partial charge in [0.2, 0.25) is 5.91 Å². The van der Waals surface area contributed by atoms with Gasteiger partial charge in [-0.25, -0.2) is 8.42 Å². The number of sulfonamides is 1. The molecule has 0 heterocycles. The van der Waals surface area contributed by atoms with E-state index in [-0.39, 0.29) is 0 Å². The maximum atomic E-state index is 14.3. The fraction of sp³-hybridized carbons (Fsp3) is 0.875. The molecule has 250 valence electrons. The van der Waals surface area contributed by atoms with E-state index in [1.165, 1.54) is 0 Å². The van der Waals surface area contributed by atoms with Crippen molar-refractivity contribution in [2.45, 2.75) is 59.9 Å². The Morgan fingerprint density at radius 2 is 1.10 bits per heavy atom. The molecule has 0 aliphatic heterocycles. The molecule has 0 saturated carbocycles. The average Bonchev–Trinajstić information content (AvgIpc) is 2.83. The highest BCUT2D eigenvalue weighted by atomic mass is 79.9. The number of halogens is 18. The molecule has 0 fully saturated rings. The first-order chi connectivity index (χ1) is 18.2. The quantitative estimate of drug-likeness (QED) is 0.195. The van der Waals surface area contributed by atoms with E-state index < -0.39 is 104 Å². The van der Waals surface area contributed by atoms with Crippen LogP contribution in [0.2, 0.25) is 0 Å². The molecule has 1 unspecified atom stereocenters. The zero-order valence-corrected chi connectivity index (χ0v) is 22.2. The monoisotopic (exact) mass is 747 g/mol. The summed E-state index contributed by atoms with van der Waals surface area (Å²) in [4.78, 5) is 23.1. The highest BCUT2D eigenvalue weighted by molar-refractivity contribution is 9.09. The van der Waals surface area contributed by atoms with Gasteiger partial charge in [-0.2, -0.15) is 78.9 Å². The van der Waals surface area contributed by atoms with Gasteiger partial charge in [-0.1, -0.05) is 22.9 Å². The molecular formula is C16H15BrF17N3O4S. The van der Waals surface area contributed by atoms with Gasteiger partial charge >= 0.3 is 47.0 Å². The summed E-state index contributed by atoms with van der Waals surface area (Å²) >= 11 is 2.64. The summed E-state index contributed by atoms with van der Waals surface area (Å²) in [5, 5.41) is -6.62. The molecule has 0 aromatic carbocycles. The molecule has 0 saturated heterocycles. The number of Topliss-reactive ketones (excluding diaryl/α,β-unsaturated/α-hetero) is 1. The van der Waals surface area contributed by atoms with Crippen LogP contribution in [0.1, 0.15) is 6.92 Å². The van der Waals surface area contributed by atoms with Gasteiger partial charge in [0.05, 0.1) is 17.9 Å². The molecular weight excluding hydrogens is 733 g/mol. The molecule has 0 bridgehead atoms. The van der Waals surface area contributed by atoms with E-state index in [1.54, 1.807) is 5.32 Å². The highest BCUT2D eigenvalue weighted by Crippen LogP contribution is 2.64. The predicted molar refractivity (Wildman–Crippen MR) is 107 cm³/mol. The Kier molecular flexibility index (Phi) is 11.5. The molecule has 0 spiro atoms. The molecule has 26 heteroatoms. The summed E-state index contributed by atoms with van der Waals surface area (Å²) in [7, 11) is -7.63. The Morgan fingerprint density at radius 1 is 0.738 bits per heavy atom. The number of nitrogens with two attached hydrogens (primary N) is 1. The van der Waals surface area contributed by atoms with Crippen molar-refractivity contribution in [3.63, 3.8) is 0 Å². The predicted octanol–water partition coefficient (Wildman–Crippen LogP) is 4.01. The van der Waals surface area contributed by atoms with Crippen LogP contribution >= 0.6 is 15.9 Å². The van der Waals surface area contributed by atoms with E-state index in [4.69, 9.17) is 5.73 Å². The minimum Gasteiger partial charge on any atom is -0.353 e. The van der Waals surface area contributed by atoms with Crippen molar-refractivity contribution in [1.82, 2.24) is 9.62 Å². The lowest BCUT2D eigenvalue weighted by molar-refractivity contribution is -0.458. The second-order valence-corrected chi connectivity index (χ2v) is 10.4. The smallest absolute Gasteiger partial charge is 0.353 e. The maximum Gasteiger partial charge on any atom is 0.460 e. The highest BCUT2D eigenvalue weighted by Gasteiger charge is 2.96. The molecule has 7 nitrogen and oxygen atoms in total. The summed E-state index contributed by atoms with van der Waals surface area (Å²) in [5.41, 5.74) is 5.23. The number of nitrogens with zero attached hydrogens (tertiary/aromatic N) is 1. The van der Waals surface area contributed by atoms with E-state index in [2.05, 4.69) is 15.9 Å². The molecule has 0 aliphatic rings. The lowest BCUT2D eigenvalue weighted by Gasteiger charge is -2.42. The third-order valence-electron chi connectivity index (χ3n) is 5.09. The molecule has 0 rings (SSSR count). The first-order valence-corrected chi connectivity index (χ1v) is 12.6. The number of nitrogens with one attached hydrogen (secondary N) is 1. The van der Waals surface area contributed by atoms with E-state index in [0.29, 0.717) is 6.92 Å². The fourth-order valence-electron chi connectivity index (χ4n) is 2.49. The molecule has 0 radical (unpaired) electrons. The normalized spacial score (nSPS) is 16.0. The number of carbonyl (C=O) groups excluding carboxylic acids is 2. The van der Waals surface area contributed by atoms with E-state index in [0.717, 1.165) is 0 Å². The zero-order valence-electron chi connectivity index (χ0n) is 19.8. The summed E-state index contributed by atoms with van der Waals surface area (Å²) in [5.74, 6) is -55.0. The molecule has 3 N–H and O–H groups in total. The van der Waals surface area contributed by atoms with Crippen molar-refractivity contribution in [2.24, 2.45) is 5.73 Å². The minimum atomic E-state index is -8.97. The molecule has 1 amide bonds. The van der Waals surface area contributed by atoms with E-state index in [1.807, 2.05) is 0 Å². The van der Waals surface area contributed by atoms with Crippen molar-refractivity contribution < 1.29 is 92.6 Å². The van der Waals surface area contributed by atoms with Crippen LogP contribution in [0.15, 0.2) is 0 Å². The largest absolute Gasteiger partial charge is 0.460 e. The van der Waals surface area contributed by atoms with Crippen molar-refractivity contribution in [1.29, 1.82) is 0 Å². The van der Waals surface area contributed by atoms with Crippen molar-refractivity contribution in [2.75, 3.05) is 25.0 Å². The summed E-state index contributed by atoms with van der Waals surface area (Å²) in [6, 6.07) is -1.56. The number of amides is 1. The van der Waals surface area contributed by atoms with E-state index in [9.17, 15) is 92.6 Å². The van der Waals surface area contributed by atoms with Gasteiger partial charge in [-0.05, 0) is 0 Å². The zero-order chi connectivity index (χ0) is 34.3. The Labute approximate surface area is 231 Å². The SMILES string of the molecule is CCN(CC(=O)NCC(N)C(=O)CBr)S(=O)(=O)C(F)(F)C(F)(F)C(F)(F)C(F)(F)C(F)(F)C(F)(F)C(F)(F)C(F)(F)F. The van der Waals surface area contributed by atoms with E-state index >= 15 is 0 Å².